The summed E-state index contributed by atoms with van der Waals surface area (Å²) in [5, 5.41) is 4.22. The van der Waals surface area contributed by atoms with Crippen LogP contribution in [-0.4, -0.2) is 61.2 Å². The average molecular weight is 305 g/mol. The van der Waals surface area contributed by atoms with Crippen molar-refractivity contribution in [2.45, 2.75) is 38.1 Å². The lowest BCUT2D eigenvalue weighted by atomic mass is 9.96. The lowest BCUT2D eigenvalue weighted by Crippen LogP contribution is -2.54. The molecule has 0 aromatic carbocycles. The molecule has 1 N–H and O–H groups in total. The molecule has 5 nitrogen and oxygen atoms in total. The molecule has 0 aromatic rings. The Labute approximate surface area is 121 Å². The molecule has 0 unspecified atom stereocenters. The van der Waals surface area contributed by atoms with E-state index in [0.29, 0.717) is 32.2 Å². The van der Waals surface area contributed by atoms with Crippen molar-refractivity contribution in [2.24, 2.45) is 0 Å². The van der Waals surface area contributed by atoms with Crippen molar-refractivity contribution in [1.29, 1.82) is 0 Å². The molecule has 0 radical (unpaired) electrons. The second-order valence-corrected chi connectivity index (χ2v) is 7.80. The zero-order valence-corrected chi connectivity index (χ0v) is 13.1. The standard InChI is InChI=1S/C12H23N3O2S2/c1-19(16,17)15-9-7-14(8-10-15)12(18)13-11-5-3-2-4-6-11/h11H,2-10H2,1H3,(H,13,18). The summed E-state index contributed by atoms with van der Waals surface area (Å²) in [6.07, 6.45) is 7.55. The number of piperazine rings is 1. The molecule has 7 heteroatoms. The minimum absolute atomic E-state index is 0.509. The molecule has 1 saturated carbocycles. The number of hydrogen-bond acceptors (Lipinski definition) is 3. The van der Waals surface area contributed by atoms with E-state index in [9.17, 15) is 8.42 Å². The van der Waals surface area contributed by atoms with Crippen LogP contribution >= 0.6 is 12.2 Å². The Kier molecular flexibility index (Phi) is 5.03. The largest absolute Gasteiger partial charge is 0.360 e. The van der Waals surface area contributed by atoms with E-state index in [2.05, 4.69) is 10.2 Å². The molecule has 1 heterocycles. The molecule has 2 aliphatic rings. The monoisotopic (exact) mass is 305 g/mol. The number of nitrogens with one attached hydrogen (secondary N) is 1. The van der Waals surface area contributed by atoms with Crippen LogP contribution in [-0.2, 0) is 10.0 Å². The molecule has 0 spiro atoms. The third-order valence-corrected chi connectivity index (χ3v) is 5.61. The second kappa shape index (κ2) is 6.37. The lowest BCUT2D eigenvalue weighted by molar-refractivity contribution is 0.261. The second-order valence-electron chi connectivity index (χ2n) is 5.43. The molecule has 0 aromatic heterocycles. The Balaban J connectivity index is 1.79. The molecule has 110 valence electrons. The van der Waals surface area contributed by atoms with Crippen LogP contribution in [0.25, 0.3) is 0 Å². The first-order valence-electron chi connectivity index (χ1n) is 6.97. The van der Waals surface area contributed by atoms with Crippen LogP contribution in [0.1, 0.15) is 32.1 Å². The first kappa shape index (κ1) is 15.0. The highest BCUT2D eigenvalue weighted by atomic mass is 32.2. The van der Waals surface area contributed by atoms with E-state index in [4.69, 9.17) is 12.2 Å². The van der Waals surface area contributed by atoms with Crippen LogP contribution in [0.2, 0.25) is 0 Å². The lowest BCUT2D eigenvalue weighted by Gasteiger charge is -2.36. The van der Waals surface area contributed by atoms with E-state index >= 15 is 0 Å². The zero-order chi connectivity index (χ0) is 13.9. The molecule has 0 bridgehead atoms. The van der Waals surface area contributed by atoms with Crippen molar-refractivity contribution < 1.29 is 8.42 Å². The van der Waals surface area contributed by atoms with Gasteiger partial charge in [-0.3, -0.25) is 0 Å². The first-order chi connectivity index (χ1) is 8.97. The molecule has 1 aliphatic heterocycles. The van der Waals surface area contributed by atoms with Gasteiger partial charge in [-0.05, 0) is 25.1 Å². The van der Waals surface area contributed by atoms with Gasteiger partial charge in [-0.25, -0.2) is 8.42 Å². The molecule has 2 fully saturated rings. The van der Waals surface area contributed by atoms with Gasteiger partial charge >= 0.3 is 0 Å². The van der Waals surface area contributed by atoms with Crippen LogP contribution in [0, 0.1) is 0 Å². The van der Waals surface area contributed by atoms with Crippen LogP contribution in [0.5, 0.6) is 0 Å². The summed E-state index contributed by atoms with van der Waals surface area (Å²) in [7, 11) is -3.06. The molecule has 19 heavy (non-hydrogen) atoms. The van der Waals surface area contributed by atoms with Gasteiger partial charge in [-0.1, -0.05) is 19.3 Å². The van der Waals surface area contributed by atoms with Crippen molar-refractivity contribution in [3.63, 3.8) is 0 Å². The summed E-state index contributed by atoms with van der Waals surface area (Å²) in [6.45, 7) is 2.44. The Morgan fingerprint density at radius 3 is 2.21 bits per heavy atom. The van der Waals surface area contributed by atoms with Crippen LogP contribution < -0.4 is 5.32 Å². The predicted octanol–water partition coefficient (Wildman–Crippen LogP) is 0.771. The number of nitrogens with zero attached hydrogens (tertiary/aromatic N) is 2. The van der Waals surface area contributed by atoms with Gasteiger partial charge in [0.2, 0.25) is 10.0 Å². The Morgan fingerprint density at radius 1 is 1.11 bits per heavy atom. The average Bonchev–Trinajstić information content (AvgIpc) is 2.39. The van der Waals surface area contributed by atoms with E-state index in [0.717, 1.165) is 5.11 Å². The fraction of sp³-hybridized carbons (Fsp3) is 0.917. The Morgan fingerprint density at radius 2 is 1.68 bits per heavy atom. The van der Waals surface area contributed by atoms with Gasteiger partial charge in [0.05, 0.1) is 6.26 Å². The van der Waals surface area contributed by atoms with Crippen LogP contribution in [0.3, 0.4) is 0 Å². The number of hydrogen-bond donors (Lipinski definition) is 1. The molecule has 1 saturated heterocycles. The minimum Gasteiger partial charge on any atom is -0.360 e. The smallest absolute Gasteiger partial charge is 0.211 e. The highest BCUT2D eigenvalue weighted by Gasteiger charge is 2.25. The van der Waals surface area contributed by atoms with Gasteiger partial charge in [0, 0.05) is 32.2 Å². The van der Waals surface area contributed by atoms with E-state index < -0.39 is 10.0 Å². The summed E-state index contributed by atoms with van der Waals surface area (Å²) in [5.41, 5.74) is 0. The molecule has 1 aliphatic carbocycles. The van der Waals surface area contributed by atoms with Gasteiger partial charge in [-0.2, -0.15) is 4.31 Å². The van der Waals surface area contributed by atoms with Crippen molar-refractivity contribution in [1.82, 2.24) is 14.5 Å². The highest BCUT2D eigenvalue weighted by Crippen LogP contribution is 2.18. The topological polar surface area (TPSA) is 52.7 Å². The van der Waals surface area contributed by atoms with Gasteiger partial charge in [0.15, 0.2) is 5.11 Å². The summed E-state index contributed by atoms with van der Waals surface area (Å²) in [6, 6.07) is 0.509. The van der Waals surface area contributed by atoms with Crippen LogP contribution in [0.4, 0.5) is 0 Å². The molecular weight excluding hydrogens is 282 g/mol. The van der Waals surface area contributed by atoms with Gasteiger partial charge in [0.25, 0.3) is 0 Å². The summed E-state index contributed by atoms with van der Waals surface area (Å²) in [5.74, 6) is 0. The quantitative estimate of drug-likeness (QED) is 0.764. The summed E-state index contributed by atoms with van der Waals surface area (Å²) < 4.78 is 24.4. The maximum absolute atomic E-state index is 11.4. The first-order valence-corrected chi connectivity index (χ1v) is 9.23. The fourth-order valence-corrected chi connectivity index (χ4v) is 3.91. The van der Waals surface area contributed by atoms with Crippen molar-refractivity contribution in [2.75, 3.05) is 32.4 Å². The SMILES string of the molecule is CS(=O)(=O)N1CCN(C(=S)NC2CCCCC2)CC1. The van der Waals surface area contributed by atoms with Gasteiger partial charge in [0.1, 0.15) is 0 Å². The van der Waals surface area contributed by atoms with Crippen LogP contribution in [0.15, 0.2) is 0 Å². The van der Waals surface area contributed by atoms with Gasteiger partial charge < -0.3 is 10.2 Å². The maximum Gasteiger partial charge on any atom is 0.211 e. The third kappa shape index (κ3) is 4.29. The Hall–Kier alpha value is -0.400. The van der Waals surface area contributed by atoms with E-state index in [1.165, 1.54) is 42.7 Å². The highest BCUT2D eigenvalue weighted by molar-refractivity contribution is 7.88. The Bertz CT molecular complexity index is 411. The molecule has 2 rings (SSSR count). The van der Waals surface area contributed by atoms with E-state index in [1.807, 2.05) is 0 Å². The fourth-order valence-electron chi connectivity index (χ4n) is 2.74. The predicted molar refractivity (Wildman–Crippen MR) is 80.6 cm³/mol. The van der Waals surface area contributed by atoms with Gasteiger partial charge in [-0.15, -0.1) is 0 Å². The molecular formula is C12H23N3O2S2. The number of thiocarbonyl (C=S) groups is 1. The maximum atomic E-state index is 11.4. The molecule has 0 atom stereocenters. The number of rotatable bonds is 2. The van der Waals surface area contributed by atoms with E-state index in [1.54, 1.807) is 0 Å². The summed E-state index contributed by atoms with van der Waals surface area (Å²) >= 11 is 5.43. The summed E-state index contributed by atoms with van der Waals surface area (Å²) in [4.78, 5) is 2.09. The van der Waals surface area contributed by atoms with Crippen molar-refractivity contribution in [3.05, 3.63) is 0 Å². The minimum atomic E-state index is -3.06. The van der Waals surface area contributed by atoms with Crippen molar-refractivity contribution in [3.8, 4) is 0 Å². The number of sulfonamides is 1. The normalized spacial score (nSPS) is 23.3. The van der Waals surface area contributed by atoms with E-state index in [-0.39, 0.29) is 0 Å². The van der Waals surface area contributed by atoms with Crippen molar-refractivity contribution >= 4 is 27.4 Å². The molecule has 0 amide bonds. The zero-order valence-electron chi connectivity index (χ0n) is 11.5. The third-order valence-electron chi connectivity index (χ3n) is 3.93.